The van der Waals surface area contributed by atoms with E-state index in [1.165, 1.54) is 21.4 Å². The van der Waals surface area contributed by atoms with Crippen LogP contribution in [0.3, 0.4) is 0 Å². The van der Waals surface area contributed by atoms with Crippen LogP contribution in [0.15, 0.2) is 54.7 Å². The van der Waals surface area contributed by atoms with Crippen molar-refractivity contribution in [1.82, 2.24) is 4.40 Å². The summed E-state index contributed by atoms with van der Waals surface area (Å²) in [6.07, 6.45) is 2.18. The lowest BCUT2D eigenvalue weighted by Gasteiger charge is -2.07. The highest BCUT2D eigenvalue weighted by molar-refractivity contribution is 6.74. The van der Waals surface area contributed by atoms with Gasteiger partial charge in [-0.3, -0.25) is 0 Å². The van der Waals surface area contributed by atoms with Gasteiger partial charge in [0.1, 0.15) is 0 Å². The van der Waals surface area contributed by atoms with Crippen LogP contribution < -0.4 is 0 Å². The maximum atomic E-state index is 2.40. The molecule has 82 valence electrons. The van der Waals surface area contributed by atoms with Gasteiger partial charge in [-0.05, 0) is 22.9 Å². The van der Waals surface area contributed by atoms with Gasteiger partial charge in [0.05, 0.1) is 0 Å². The lowest BCUT2D eigenvalue weighted by atomic mass is 10.1. The van der Waals surface area contributed by atoms with Crippen LogP contribution in [0, 0.1) is 0 Å². The molecule has 0 spiro atoms. The van der Waals surface area contributed by atoms with E-state index in [0.717, 1.165) is 0 Å². The summed E-state index contributed by atoms with van der Waals surface area (Å²) >= 11 is 0. The lowest BCUT2D eigenvalue weighted by molar-refractivity contribution is 1.31. The highest BCUT2D eigenvalue weighted by Gasteiger charge is 2.01. The van der Waals surface area contributed by atoms with E-state index in [9.17, 15) is 0 Å². The Bertz CT molecular complexity index is 846. The summed E-state index contributed by atoms with van der Waals surface area (Å²) in [5, 5.41) is 4.30. The minimum atomic E-state index is -0.590. The van der Waals surface area contributed by atoms with Gasteiger partial charge in [0.2, 0.25) is 0 Å². The number of hydrogen-bond acceptors (Lipinski definition) is 0. The molecule has 0 N–H and O–H groups in total. The van der Waals surface area contributed by atoms with Gasteiger partial charge in [0, 0.05) is 11.7 Å². The molecule has 0 unspecified atom stereocenters. The SMILES string of the molecule is C[si-]1c2c3ccccc3ccc2n2cccc21. The Labute approximate surface area is 101 Å². The molecule has 4 aromatic rings. The van der Waals surface area contributed by atoms with Crippen LogP contribution in [0.4, 0.5) is 0 Å². The van der Waals surface area contributed by atoms with E-state index in [-0.39, 0.29) is 0 Å². The molecule has 0 saturated carbocycles. The van der Waals surface area contributed by atoms with Crippen LogP contribution in [-0.4, -0.2) is 12.8 Å². The standard InChI is InChI=1S/C15H12NSi/c1-17-14-7-4-10-16(14)13-9-8-11-5-2-3-6-12(11)15(13)17/h2-10H,1H3/q-1. The molecule has 0 atom stereocenters. The Morgan fingerprint density at radius 3 is 2.76 bits per heavy atom. The molecule has 4 rings (SSSR count). The Kier molecular flexibility index (Phi) is 1.69. The quantitative estimate of drug-likeness (QED) is 0.410. The van der Waals surface area contributed by atoms with Crippen molar-refractivity contribution in [3.05, 3.63) is 54.7 Å². The fourth-order valence-corrected chi connectivity index (χ4v) is 5.26. The summed E-state index contributed by atoms with van der Waals surface area (Å²) in [5.74, 6) is 0. The van der Waals surface area contributed by atoms with E-state index < -0.39 is 8.40 Å². The summed E-state index contributed by atoms with van der Waals surface area (Å²) < 4.78 is 2.36. The minimum Gasteiger partial charge on any atom is -0.357 e. The molecule has 17 heavy (non-hydrogen) atoms. The second kappa shape index (κ2) is 3.11. The average molecular weight is 234 g/mol. The monoisotopic (exact) mass is 234 g/mol. The van der Waals surface area contributed by atoms with E-state index in [4.69, 9.17) is 0 Å². The number of benzene rings is 2. The van der Waals surface area contributed by atoms with E-state index >= 15 is 0 Å². The fraction of sp³-hybridized carbons (Fsp3) is 0.0667. The fourth-order valence-electron chi connectivity index (χ4n) is 2.88. The van der Waals surface area contributed by atoms with Crippen molar-refractivity contribution < 1.29 is 0 Å². The lowest BCUT2D eigenvalue weighted by Crippen LogP contribution is -1.89. The Hall–Kier alpha value is -1.80. The van der Waals surface area contributed by atoms with Crippen LogP contribution in [-0.2, 0) is 6.55 Å². The van der Waals surface area contributed by atoms with Gasteiger partial charge in [0.25, 0.3) is 0 Å². The van der Waals surface area contributed by atoms with Gasteiger partial charge in [0.15, 0.2) is 0 Å². The first-order valence-corrected chi connectivity index (χ1v) is 7.90. The molecule has 0 radical (unpaired) electrons. The smallest absolute Gasteiger partial charge is 0.0122 e. The van der Waals surface area contributed by atoms with E-state index in [0.29, 0.717) is 0 Å². The van der Waals surface area contributed by atoms with Crippen LogP contribution in [0.2, 0.25) is 0 Å². The number of fused-ring (bicyclic) bond motifs is 5. The molecule has 2 aromatic carbocycles. The molecule has 0 aliphatic rings. The maximum Gasteiger partial charge on any atom is 0.0122 e. The molecule has 0 fully saturated rings. The largest absolute Gasteiger partial charge is 0.357 e. The Morgan fingerprint density at radius 2 is 1.82 bits per heavy atom. The minimum absolute atomic E-state index is 0.590. The topological polar surface area (TPSA) is 4.41 Å². The zero-order valence-corrected chi connectivity index (χ0v) is 10.6. The van der Waals surface area contributed by atoms with E-state index in [1.54, 1.807) is 5.00 Å². The van der Waals surface area contributed by atoms with Crippen LogP contribution >= 0.6 is 0 Å². The second-order valence-electron chi connectivity index (χ2n) is 4.57. The maximum absolute atomic E-state index is 2.40. The molecule has 1 nitrogen and oxygen atoms in total. The van der Waals surface area contributed by atoms with Gasteiger partial charge in [-0.1, -0.05) is 36.4 Å². The van der Waals surface area contributed by atoms with E-state index in [1.807, 2.05) is 0 Å². The molecular weight excluding hydrogens is 222 g/mol. The number of aromatic nitrogens is 1. The van der Waals surface area contributed by atoms with Gasteiger partial charge in [-0.15, -0.1) is 5.13 Å². The van der Waals surface area contributed by atoms with Crippen molar-refractivity contribution in [2.75, 3.05) is 0 Å². The summed E-state index contributed by atoms with van der Waals surface area (Å²) in [7, 11) is -0.590. The first-order valence-electron chi connectivity index (χ1n) is 5.90. The highest BCUT2D eigenvalue weighted by atomic mass is 28.2. The summed E-state index contributed by atoms with van der Waals surface area (Å²) in [6, 6.07) is 17.6. The molecule has 0 aliphatic carbocycles. The van der Waals surface area contributed by atoms with Gasteiger partial charge in [-0.2, -0.15) is 11.5 Å². The Morgan fingerprint density at radius 1 is 0.941 bits per heavy atom. The number of nitrogens with zero attached hydrogens (tertiary/aromatic N) is 1. The molecule has 0 saturated heterocycles. The highest BCUT2D eigenvalue weighted by Crippen LogP contribution is 2.27. The zero-order chi connectivity index (χ0) is 11.4. The number of hydrogen-bond donors (Lipinski definition) is 0. The first kappa shape index (κ1) is 9.25. The van der Waals surface area contributed by atoms with Crippen molar-refractivity contribution >= 4 is 34.8 Å². The van der Waals surface area contributed by atoms with Gasteiger partial charge in [-0.25, -0.2) is 8.40 Å². The van der Waals surface area contributed by atoms with Crippen molar-refractivity contribution in [3.8, 4) is 0 Å². The third-order valence-corrected chi connectivity index (χ3v) is 6.13. The predicted molar refractivity (Wildman–Crippen MR) is 74.9 cm³/mol. The third kappa shape index (κ3) is 1.08. The number of aryl methyl sites for hydroxylation is 1. The third-order valence-electron chi connectivity index (χ3n) is 3.67. The van der Waals surface area contributed by atoms with Crippen molar-refractivity contribution in [1.29, 1.82) is 0 Å². The van der Waals surface area contributed by atoms with Gasteiger partial charge < -0.3 is 4.40 Å². The van der Waals surface area contributed by atoms with Crippen molar-refractivity contribution in [2.24, 2.45) is 6.55 Å². The van der Waals surface area contributed by atoms with Crippen LogP contribution in [0.5, 0.6) is 0 Å². The van der Waals surface area contributed by atoms with Crippen LogP contribution in [0.1, 0.15) is 0 Å². The number of rotatable bonds is 0. The molecule has 2 aromatic heterocycles. The summed E-state index contributed by atoms with van der Waals surface area (Å²) in [5.41, 5.74) is 1.39. The molecular formula is C15H12NSi-. The zero-order valence-electron chi connectivity index (χ0n) is 9.64. The molecule has 0 amide bonds. The Balaban J connectivity index is 2.41. The van der Waals surface area contributed by atoms with Crippen molar-refractivity contribution in [3.63, 3.8) is 0 Å². The average Bonchev–Trinajstić information content (AvgIpc) is 2.93. The molecule has 2 heteroatoms. The van der Waals surface area contributed by atoms with E-state index in [2.05, 4.69) is 65.7 Å². The van der Waals surface area contributed by atoms with Gasteiger partial charge >= 0.3 is 0 Å². The molecule has 2 heterocycles. The van der Waals surface area contributed by atoms with Crippen LogP contribution in [0.25, 0.3) is 26.4 Å². The van der Waals surface area contributed by atoms with Crippen molar-refractivity contribution in [2.45, 2.75) is 0 Å². The molecule has 0 aliphatic heterocycles. The summed E-state index contributed by atoms with van der Waals surface area (Å²) in [4.78, 5) is 1.57. The predicted octanol–water partition coefficient (Wildman–Crippen LogP) is 3.53. The second-order valence-corrected chi connectivity index (χ2v) is 6.83. The first-order chi connectivity index (χ1) is 8.36. The molecule has 0 bridgehead atoms. The summed E-state index contributed by atoms with van der Waals surface area (Å²) in [6.45, 7) is 2.40. The normalized spacial score (nSPS) is 11.8.